The Morgan fingerprint density at radius 1 is 1.05 bits per heavy atom. The molecular formula is C17H29ClN2. The highest BCUT2D eigenvalue weighted by molar-refractivity contribution is 5.85. The van der Waals surface area contributed by atoms with Gasteiger partial charge < -0.3 is 5.73 Å². The average Bonchev–Trinajstić information content (AvgIpc) is 2.46. The quantitative estimate of drug-likeness (QED) is 0.911. The second kappa shape index (κ2) is 8.02. The van der Waals surface area contributed by atoms with E-state index in [1.54, 1.807) is 0 Å². The number of likely N-dealkylation sites (tertiary alicyclic amines) is 1. The number of halogens is 1. The van der Waals surface area contributed by atoms with Crippen LogP contribution in [0.1, 0.15) is 56.7 Å². The van der Waals surface area contributed by atoms with Crippen molar-refractivity contribution in [2.75, 3.05) is 19.6 Å². The number of hydrogen-bond acceptors (Lipinski definition) is 2. The van der Waals surface area contributed by atoms with E-state index in [0.29, 0.717) is 12.0 Å². The van der Waals surface area contributed by atoms with Gasteiger partial charge in [-0.2, -0.15) is 0 Å². The largest absolute Gasteiger partial charge is 0.330 e. The Hall–Kier alpha value is -0.570. The lowest BCUT2D eigenvalue weighted by molar-refractivity contribution is 0.143. The molecule has 1 heterocycles. The first-order chi connectivity index (χ1) is 9.11. The van der Waals surface area contributed by atoms with Gasteiger partial charge in [0.2, 0.25) is 0 Å². The fourth-order valence-corrected chi connectivity index (χ4v) is 2.95. The van der Waals surface area contributed by atoms with Gasteiger partial charge in [0, 0.05) is 6.04 Å². The Balaban J connectivity index is 0.00000200. The summed E-state index contributed by atoms with van der Waals surface area (Å²) in [7, 11) is 0. The van der Waals surface area contributed by atoms with Gasteiger partial charge in [-0.15, -0.1) is 12.4 Å². The van der Waals surface area contributed by atoms with E-state index < -0.39 is 0 Å². The molecule has 1 aromatic rings. The third-order valence-corrected chi connectivity index (χ3v) is 4.62. The molecule has 0 bridgehead atoms. The Kier molecular flexibility index (Phi) is 7.01. The SMILES string of the molecule is CC(C)c1ccc(C(C)N2CCC(CN)CC2)cc1.Cl. The summed E-state index contributed by atoms with van der Waals surface area (Å²) in [4.78, 5) is 2.59. The van der Waals surface area contributed by atoms with Crippen molar-refractivity contribution in [1.82, 2.24) is 4.90 Å². The average molecular weight is 297 g/mol. The molecule has 0 aliphatic carbocycles. The van der Waals surface area contributed by atoms with Gasteiger partial charge in [0.15, 0.2) is 0 Å². The van der Waals surface area contributed by atoms with Gasteiger partial charge >= 0.3 is 0 Å². The fourth-order valence-electron chi connectivity index (χ4n) is 2.95. The van der Waals surface area contributed by atoms with Crippen LogP contribution in [0.5, 0.6) is 0 Å². The second-order valence-corrected chi connectivity index (χ2v) is 6.21. The Morgan fingerprint density at radius 2 is 1.55 bits per heavy atom. The van der Waals surface area contributed by atoms with E-state index in [0.717, 1.165) is 12.5 Å². The second-order valence-electron chi connectivity index (χ2n) is 6.21. The summed E-state index contributed by atoms with van der Waals surface area (Å²) in [5.74, 6) is 1.36. The summed E-state index contributed by atoms with van der Waals surface area (Å²) in [5.41, 5.74) is 8.63. The molecule has 1 aliphatic heterocycles. The molecule has 2 rings (SSSR count). The maximum atomic E-state index is 5.76. The fraction of sp³-hybridized carbons (Fsp3) is 0.647. The molecule has 1 atom stereocenters. The molecule has 1 aliphatic rings. The number of benzene rings is 1. The van der Waals surface area contributed by atoms with Crippen LogP contribution in [0.3, 0.4) is 0 Å². The monoisotopic (exact) mass is 296 g/mol. The summed E-state index contributed by atoms with van der Waals surface area (Å²) in [6.45, 7) is 10.1. The van der Waals surface area contributed by atoms with Crippen LogP contribution in [0.25, 0.3) is 0 Å². The third kappa shape index (κ3) is 4.21. The standard InChI is InChI=1S/C17H28N2.ClH/c1-13(2)16-4-6-17(7-5-16)14(3)19-10-8-15(12-18)9-11-19;/h4-7,13-15H,8-12,18H2,1-3H3;1H. The highest BCUT2D eigenvalue weighted by atomic mass is 35.5. The van der Waals surface area contributed by atoms with Crippen molar-refractivity contribution >= 4 is 12.4 Å². The minimum atomic E-state index is 0. The van der Waals surface area contributed by atoms with Crippen molar-refractivity contribution < 1.29 is 0 Å². The smallest absolute Gasteiger partial charge is 0.0319 e. The summed E-state index contributed by atoms with van der Waals surface area (Å²) < 4.78 is 0. The van der Waals surface area contributed by atoms with Crippen molar-refractivity contribution in [3.63, 3.8) is 0 Å². The highest BCUT2D eigenvalue weighted by Crippen LogP contribution is 2.27. The van der Waals surface area contributed by atoms with Crippen molar-refractivity contribution in [3.8, 4) is 0 Å². The van der Waals surface area contributed by atoms with Crippen LogP contribution in [0.2, 0.25) is 0 Å². The Morgan fingerprint density at radius 3 is 2.00 bits per heavy atom. The van der Waals surface area contributed by atoms with Crippen LogP contribution in [0, 0.1) is 5.92 Å². The first kappa shape index (κ1) is 17.5. The molecule has 0 radical (unpaired) electrons. The van der Waals surface area contributed by atoms with Crippen LogP contribution < -0.4 is 5.73 Å². The highest BCUT2D eigenvalue weighted by Gasteiger charge is 2.22. The number of hydrogen-bond donors (Lipinski definition) is 1. The zero-order valence-corrected chi connectivity index (χ0v) is 13.8. The van der Waals surface area contributed by atoms with E-state index in [9.17, 15) is 0 Å². The van der Waals surface area contributed by atoms with Crippen molar-refractivity contribution in [1.29, 1.82) is 0 Å². The molecule has 0 spiro atoms. The van der Waals surface area contributed by atoms with Gasteiger partial charge in [-0.05, 0) is 62.4 Å². The normalized spacial score (nSPS) is 18.9. The third-order valence-electron chi connectivity index (χ3n) is 4.62. The van der Waals surface area contributed by atoms with Crippen LogP contribution in [-0.2, 0) is 0 Å². The van der Waals surface area contributed by atoms with Crippen LogP contribution >= 0.6 is 12.4 Å². The molecule has 3 heteroatoms. The summed E-state index contributed by atoms with van der Waals surface area (Å²) in [5, 5.41) is 0. The molecule has 1 fully saturated rings. The zero-order chi connectivity index (χ0) is 13.8. The van der Waals surface area contributed by atoms with Gasteiger partial charge in [0.25, 0.3) is 0 Å². The van der Waals surface area contributed by atoms with Gasteiger partial charge in [0.1, 0.15) is 0 Å². The van der Waals surface area contributed by atoms with E-state index in [-0.39, 0.29) is 12.4 Å². The number of nitrogens with two attached hydrogens (primary N) is 1. The molecule has 0 aromatic heterocycles. The summed E-state index contributed by atoms with van der Waals surface area (Å²) in [6.07, 6.45) is 2.51. The number of rotatable bonds is 4. The first-order valence-corrected chi connectivity index (χ1v) is 7.65. The molecule has 1 saturated heterocycles. The first-order valence-electron chi connectivity index (χ1n) is 7.65. The zero-order valence-electron chi connectivity index (χ0n) is 13.0. The Labute approximate surface area is 130 Å². The van der Waals surface area contributed by atoms with Gasteiger partial charge in [-0.25, -0.2) is 0 Å². The van der Waals surface area contributed by atoms with Crippen LogP contribution in [-0.4, -0.2) is 24.5 Å². The molecule has 2 nitrogen and oxygen atoms in total. The lowest BCUT2D eigenvalue weighted by atomic mass is 9.94. The van der Waals surface area contributed by atoms with E-state index in [4.69, 9.17) is 5.73 Å². The van der Waals surface area contributed by atoms with Crippen LogP contribution in [0.15, 0.2) is 24.3 Å². The van der Waals surface area contributed by atoms with Crippen molar-refractivity contribution in [2.24, 2.45) is 11.7 Å². The number of nitrogens with zero attached hydrogens (tertiary/aromatic N) is 1. The van der Waals surface area contributed by atoms with Gasteiger partial charge in [-0.3, -0.25) is 4.90 Å². The topological polar surface area (TPSA) is 29.3 Å². The molecule has 114 valence electrons. The molecule has 1 aromatic carbocycles. The predicted molar refractivity (Wildman–Crippen MR) is 89.5 cm³/mol. The lowest BCUT2D eigenvalue weighted by Crippen LogP contribution is -2.37. The van der Waals surface area contributed by atoms with E-state index in [1.165, 1.54) is 37.1 Å². The van der Waals surface area contributed by atoms with Gasteiger partial charge in [0.05, 0.1) is 0 Å². The summed E-state index contributed by atoms with van der Waals surface area (Å²) >= 11 is 0. The van der Waals surface area contributed by atoms with E-state index in [1.807, 2.05) is 0 Å². The molecule has 0 saturated carbocycles. The number of piperidine rings is 1. The van der Waals surface area contributed by atoms with Crippen molar-refractivity contribution in [3.05, 3.63) is 35.4 Å². The minimum absolute atomic E-state index is 0. The van der Waals surface area contributed by atoms with E-state index in [2.05, 4.69) is 49.9 Å². The lowest BCUT2D eigenvalue weighted by Gasteiger charge is -2.36. The minimum Gasteiger partial charge on any atom is -0.330 e. The maximum absolute atomic E-state index is 5.76. The summed E-state index contributed by atoms with van der Waals surface area (Å²) in [6, 6.07) is 9.69. The predicted octanol–water partition coefficient (Wildman–Crippen LogP) is 3.96. The molecular weight excluding hydrogens is 268 g/mol. The van der Waals surface area contributed by atoms with Crippen molar-refractivity contribution in [2.45, 2.75) is 45.6 Å². The van der Waals surface area contributed by atoms with Crippen LogP contribution in [0.4, 0.5) is 0 Å². The Bertz CT molecular complexity index is 380. The maximum Gasteiger partial charge on any atom is 0.0319 e. The molecule has 1 unspecified atom stereocenters. The molecule has 0 amide bonds. The molecule has 20 heavy (non-hydrogen) atoms. The van der Waals surface area contributed by atoms with Gasteiger partial charge in [-0.1, -0.05) is 38.1 Å². The molecule has 2 N–H and O–H groups in total. The van der Waals surface area contributed by atoms with E-state index >= 15 is 0 Å².